The van der Waals surface area contributed by atoms with Crippen LogP contribution in [0.2, 0.25) is 0 Å². The third kappa shape index (κ3) is 3.06. The summed E-state index contributed by atoms with van der Waals surface area (Å²) in [6.45, 7) is 1.82. The Morgan fingerprint density at radius 2 is 2.13 bits per heavy atom. The average Bonchev–Trinajstić information content (AvgIpc) is 2.68. The van der Waals surface area contributed by atoms with E-state index < -0.39 is 0 Å². The van der Waals surface area contributed by atoms with E-state index in [9.17, 15) is 0 Å². The molecule has 0 spiro atoms. The van der Waals surface area contributed by atoms with Gasteiger partial charge in [-0.05, 0) is 37.3 Å². The van der Waals surface area contributed by atoms with E-state index in [4.69, 9.17) is 5.73 Å². The van der Waals surface area contributed by atoms with Gasteiger partial charge in [-0.3, -0.25) is 4.68 Å². The molecule has 0 unspecified atom stereocenters. The third-order valence-electron chi connectivity index (χ3n) is 3.29. The molecule has 84 valence electrons. The molecule has 1 aliphatic rings. The second kappa shape index (κ2) is 5.31. The molecule has 3 heteroatoms. The Hall–Kier alpha value is -0.830. The van der Waals surface area contributed by atoms with Crippen LogP contribution in [-0.2, 0) is 13.0 Å². The maximum Gasteiger partial charge on any atom is 0.0522 e. The van der Waals surface area contributed by atoms with Gasteiger partial charge in [-0.2, -0.15) is 5.10 Å². The molecular formula is C12H21N3. The zero-order valence-electron chi connectivity index (χ0n) is 9.36. The molecule has 2 rings (SSSR count). The molecule has 0 aliphatic heterocycles. The van der Waals surface area contributed by atoms with Gasteiger partial charge in [0.2, 0.25) is 0 Å². The van der Waals surface area contributed by atoms with Crippen LogP contribution in [0.3, 0.4) is 0 Å². The van der Waals surface area contributed by atoms with Gasteiger partial charge in [-0.25, -0.2) is 0 Å². The number of rotatable bonds is 4. The van der Waals surface area contributed by atoms with E-state index in [1.54, 1.807) is 0 Å². The highest BCUT2D eigenvalue weighted by atomic mass is 15.3. The summed E-state index contributed by atoms with van der Waals surface area (Å²) < 4.78 is 2.10. The molecule has 0 atom stereocenters. The minimum Gasteiger partial charge on any atom is -0.330 e. The van der Waals surface area contributed by atoms with Crippen molar-refractivity contribution in [3.8, 4) is 0 Å². The van der Waals surface area contributed by atoms with Crippen molar-refractivity contribution in [2.75, 3.05) is 6.54 Å². The minimum atomic E-state index is 0.717. The molecule has 2 N–H and O–H groups in total. The fourth-order valence-corrected chi connectivity index (χ4v) is 2.44. The number of nitrogens with two attached hydrogens (primary N) is 1. The second-order valence-electron chi connectivity index (χ2n) is 4.61. The van der Waals surface area contributed by atoms with Crippen LogP contribution < -0.4 is 5.73 Å². The van der Waals surface area contributed by atoms with Crippen molar-refractivity contribution in [3.05, 3.63) is 18.0 Å². The first kappa shape index (κ1) is 10.7. The van der Waals surface area contributed by atoms with Crippen LogP contribution in [-0.4, -0.2) is 16.3 Å². The van der Waals surface area contributed by atoms with Crippen molar-refractivity contribution in [2.24, 2.45) is 11.7 Å². The van der Waals surface area contributed by atoms with E-state index in [2.05, 4.69) is 16.0 Å². The maximum absolute atomic E-state index is 5.52. The van der Waals surface area contributed by atoms with Crippen LogP contribution in [0.5, 0.6) is 0 Å². The number of aromatic nitrogens is 2. The first-order valence-electron chi connectivity index (χ1n) is 6.10. The molecule has 0 bridgehead atoms. The van der Waals surface area contributed by atoms with Crippen LogP contribution >= 0.6 is 0 Å². The lowest BCUT2D eigenvalue weighted by molar-refractivity contribution is 0.308. The summed E-state index contributed by atoms with van der Waals surface area (Å²) in [4.78, 5) is 0. The lowest BCUT2D eigenvalue weighted by atomic mass is 9.89. The van der Waals surface area contributed by atoms with Gasteiger partial charge in [-0.15, -0.1) is 0 Å². The first-order valence-corrected chi connectivity index (χ1v) is 6.10. The van der Waals surface area contributed by atoms with E-state index >= 15 is 0 Å². The van der Waals surface area contributed by atoms with Gasteiger partial charge >= 0.3 is 0 Å². The zero-order chi connectivity index (χ0) is 10.5. The number of hydrogen-bond acceptors (Lipinski definition) is 2. The van der Waals surface area contributed by atoms with Crippen molar-refractivity contribution in [1.29, 1.82) is 0 Å². The van der Waals surface area contributed by atoms with E-state index in [0.717, 1.165) is 25.4 Å². The van der Waals surface area contributed by atoms with Crippen LogP contribution in [0.15, 0.2) is 12.4 Å². The highest BCUT2D eigenvalue weighted by molar-refractivity contribution is 5.04. The molecule has 1 saturated carbocycles. The van der Waals surface area contributed by atoms with Gasteiger partial charge in [0.15, 0.2) is 0 Å². The monoisotopic (exact) mass is 207 g/mol. The molecule has 1 fully saturated rings. The topological polar surface area (TPSA) is 43.8 Å². The van der Waals surface area contributed by atoms with Crippen molar-refractivity contribution in [1.82, 2.24) is 9.78 Å². The summed E-state index contributed by atoms with van der Waals surface area (Å²) in [7, 11) is 0. The summed E-state index contributed by atoms with van der Waals surface area (Å²) in [6.07, 6.45) is 12.1. The molecule has 1 heterocycles. The van der Waals surface area contributed by atoms with Crippen molar-refractivity contribution >= 4 is 0 Å². The third-order valence-corrected chi connectivity index (χ3v) is 3.29. The van der Waals surface area contributed by atoms with Crippen LogP contribution in [0.25, 0.3) is 0 Å². The Bertz CT molecular complexity index is 287. The molecule has 0 saturated heterocycles. The fraction of sp³-hybridized carbons (Fsp3) is 0.750. The molecule has 0 aromatic carbocycles. The van der Waals surface area contributed by atoms with E-state index in [1.165, 1.54) is 37.7 Å². The van der Waals surface area contributed by atoms with Gasteiger partial charge < -0.3 is 5.73 Å². The summed E-state index contributed by atoms with van der Waals surface area (Å²) in [5.74, 6) is 0.851. The standard InChI is InChI=1S/C12H21N3/c13-7-6-12-8-14-15(10-12)9-11-4-2-1-3-5-11/h8,10-11H,1-7,9,13H2. The predicted octanol–water partition coefficient (Wildman–Crippen LogP) is 1.96. The van der Waals surface area contributed by atoms with Crippen molar-refractivity contribution in [2.45, 2.75) is 45.1 Å². The Balaban J connectivity index is 1.86. The van der Waals surface area contributed by atoms with Gasteiger partial charge in [0.1, 0.15) is 0 Å². The Labute approximate surface area is 91.7 Å². The van der Waals surface area contributed by atoms with Gasteiger partial charge in [0, 0.05) is 12.7 Å². The normalized spacial score (nSPS) is 18.2. The van der Waals surface area contributed by atoms with Crippen LogP contribution in [0.1, 0.15) is 37.7 Å². The summed E-state index contributed by atoms with van der Waals surface area (Å²) in [6, 6.07) is 0. The smallest absolute Gasteiger partial charge is 0.0522 e. The van der Waals surface area contributed by atoms with Gasteiger partial charge in [-0.1, -0.05) is 19.3 Å². The van der Waals surface area contributed by atoms with Gasteiger partial charge in [0.05, 0.1) is 6.20 Å². The summed E-state index contributed by atoms with van der Waals surface area (Å²) >= 11 is 0. The fourth-order valence-electron chi connectivity index (χ4n) is 2.44. The largest absolute Gasteiger partial charge is 0.330 e. The highest BCUT2D eigenvalue weighted by Crippen LogP contribution is 2.24. The molecule has 15 heavy (non-hydrogen) atoms. The SMILES string of the molecule is NCCc1cnn(CC2CCCCC2)c1. The lowest BCUT2D eigenvalue weighted by Gasteiger charge is -2.21. The number of hydrogen-bond donors (Lipinski definition) is 1. The molecular weight excluding hydrogens is 186 g/mol. The van der Waals surface area contributed by atoms with Crippen LogP contribution in [0.4, 0.5) is 0 Å². The van der Waals surface area contributed by atoms with E-state index in [-0.39, 0.29) is 0 Å². The molecule has 1 aromatic heterocycles. The van der Waals surface area contributed by atoms with E-state index in [1.807, 2.05) is 6.20 Å². The minimum absolute atomic E-state index is 0.717. The first-order chi connectivity index (χ1) is 7.38. The van der Waals surface area contributed by atoms with E-state index in [0.29, 0.717) is 0 Å². The lowest BCUT2D eigenvalue weighted by Crippen LogP contribution is -2.14. The Morgan fingerprint density at radius 3 is 2.87 bits per heavy atom. The molecule has 1 aliphatic carbocycles. The van der Waals surface area contributed by atoms with Crippen LogP contribution in [0, 0.1) is 5.92 Å². The Kier molecular flexibility index (Phi) is 3.78. The highest BCUT2D eigenvalue weighted by Gasteiger charge is 2.14. The number of nitrogens with zero attached hydrogens (tertiary/aromatic N) is 2. The quantitative estimate of drug-likeness (QED) is 0.820. The summed E-state index contributed by atoms with van der Waals surface area (Å²) in [5.41, 5.74) is 6.79. The second-order valence-corrected chi connectivity index (χ2v) is 4.61. The van der Waals surface area contributed by atoms with Gasteiger partial charge in [0.25, 0.3) is 0 Å². The van der Waals surface area contributed by atoms with Crippen molar-refractivity contribution < 1.29 is 0 Å². The molecule has 0 amide bonds. The molecule has 3 nitrogen and oxygen atoms in total. The molecule has 0 radical (unpaired) electrons. The maximum atomic E-state index is 5.52. The summed E-state index contributed by atoms with van der Waals surface area (Å²) in [5, 5.41) is 4.39. The van der Waals surface area contributed by atoms with Crippen molar-refractivity contribution in [3.63, 3.8) is 0 Å². The average molecular weight is 207 g/mol. The molecule has 1 aromatic rings. The predicted molar refractivity (Wildman–Crippen MR) is 61.6 cm³/mol. The zero-order valence-corrected chi connectivity index (χ0v) is 9.36. The Morgan fingerprint density at radius 1 is 1.33 bits per heavy atom.